The van der Waals surface area contributed by atoms with Crippen molar-refractivity contribution in [3.63, 3.8) is 0 Å². The fourth-order valence-electron chi connectivity index (χ4n) is 1.52. The fourth-order valence-corrected chi connectivity index (χ4v) is 2.55. The number of rotatable bonds is 3. The van der Waals surface area contributed by atoms with Crippen molar-refractivity contribution in [2.45, 2.75) is 12.5 Å². The second kappa shape index (κ2) is 5.86. The first-order chi connectivity index (χ1) is 8.47. The summed E-state index contributed by atoms with van der Waals surface area (Å²) in [6.07, 6.45) is -0.421. The van der Waals surface area contributed by atoms with Crippen molar-refractivity contribution < 1.29 is 13.9 Å². The molecule has 1 heterocycles. The maximum atomic E-state index is 13.1. The highest BCUT2D eigenvalue weighted by Gasteiger charge is 2.16. The van der Waals surface area contributed by atoms with Gasteiger partial charge in [-0.3, -0.25) is 0 Å². The lowest BCUT2D eigenvalue weighted by Crippen LogP contribution is -2.00. The van der Waals surface area contributed by atoms with E-state index in [0.717, 1.165) is 10.0 Å². The van der Waals surface area contributed by atoms with E-state index in [1.165, 1.54) is 6.07 Å². The molecule has 0 spiro atoms. The number of benzene rings is 1. The second-order valence-electron chi connectivity index (χ2n) is 3.74. The Morgan fingerprint density at radius 3 is 2.44 bits per heavy atom. The second-order valence-corrected chi connectivity index (χ2v) is 6.17. The molecular weight excluding hydrogens is 435 g/mol. The first kappa shape index (κ1) is 14.2. The van der Waals surface area contributed by atoms with Crippen molar-refractivity contribution in [1.82, 2.24) is 0 Å². The third kappa shape index (κ3) is 3.23. The topological polar surface area (TPSA) is 33.4 Å². The van der Waals surface area contributed by atoms with Gasteiger partial charge in [-0.25, -0.2) is 4.39 Å². The highest BCUT2D eigenvalue weighted by atomic mass is 79.9. The van der Waals surface area contributed by atoms with Crippen molar-refractivity contribution in [1.29, 1.82) is 0 Å². The van der Waals surface area contributed by atoms with Gasteiger partial charge in [0.2, 0.25) is 0 Å². The van der Waals surface area contributed by atoms with Crippen molar-refractivity contribution in [2.75, 3.05) is 0 Å². The maximum Gasteiger partial charge on any atom is 0.183 e. The average molecular weight is 443 g/mol. The minimum absolute atomic E-state index is 0.322. The molecular formula is C12H8Br3FO2. The molecule has 0 fully saturated rings. The predicted octanol–water partition coefficient (Wildman–Crippen LogP) is 4.98. The Morgan fingerprint density at radius 2 is 1.89 bits per heavy atom. The minimum Gasteiger partial charge on any atom is -0.450 e. The lowest BCUT2D eigenvalue weighted by molar-refractivity contribution is 0.148. The van der Waals surface area contributed by atoms with Crippen molar-refractivity contribution in [3.05, 3.63) is 55.0 Å². The minimum atomic E-state index is -0.773. The van der Waals surface area contributed by atoms with E-state index < -0.39 is 6.10 Å². The van der Waals surface area contributed by atoms with E-state index in [1.807, 2.05) is 0 Å². The Labute approximate surface area is 129 Å². The molecule has 0 radical (unpaired) electrons. The molecule has 1 N–H and O–H groups in total. The molecule has 0 aliphatic heterocycles. The number of hydrogen-bond donors (Lipinski definition) is 1. The van der Waals surface area contributed by atoms with Gasteiger partial charge in [0.05, 0.1) is 8.95 Å². The van der Waals surface area contributed by atoms with Crippen molar-refractivity contribution in [2.24, 2.45) is 0 Å². The zero-order valence-electron chi connectivity index (χ0n) is 8.96. The highest BCUT2D eigenvalue weighted by Crippen LogP contribution is 2.31. The summed E-state index contributed by atoms with van der Waals surface area (Å²) in [5, 5.41) is 10.0. The van der Waals surface area contributed by atoms with Crippen LogP contribution in [0.3, 0.4) is 0 Å². The number of halogens is 4. The van der Waals surface area contributed by atoms with Crippen LogP contribution >= 0.6 is 47.8 Å². The van der Waals surface area contributed by atoms with Crippen LogP contribution in [-0.2, 0) is 6.42 Å². The van der Waals surface area contributed by atoms with Crippen LogP contribution in [0, 0.1) is 5.82 Å². The van der Waals surface area contributed by atoms with Gasteiger partial charge in [-0.15, -0.1) is 0 Å². The molecule has 96 valence electrons. The summed E-state index contributed by atoms with van der Waals surface area (Å²) in [6.45, 7) is 0. The van der Waals surface area contributed by atoms with Crippen LogP contribution < -0.4 is 0 Å². The summed E-state index contributed by atoms with van der Waals surface area (Å²) in [4.78, 5) is 0. The molecule has 0 bridgehead atoms. The normalized spacial score (nSPS) is 12.7. The van der Waals surface area contributed by atoms with Gasteiger partial charge < -0.3 is 9.52 Å². The summed E-state index contributed by atoms with van der Waals surface area (Å²) >= 11 is 9.60. The molecule has 0 aliphatic carbocycles. The molecule has 2 nitrogen and oxygen atoms in total. The number of furan rings is 1. The van der Waals surface area contributed by atoms with E-state index in [-0.39, 0.29) is 5.82 Å². The molecule has 1 aromatic heterocycles. The van der Waals surface area contributed by atoms with E-state index in [4.69, 9.17) is 4.42 Å². The maximum absolute atomic E-state index is 13.1. The quantitative estimate of drug-likeness (QED) is 0.727. The summed E-state index contributed by atoms with van der Waals surface area (Å²) < 4.78 is 20.1. The summed E-state index contributed by atoms with van der Waals surface area (Å²) in [5.74, 6) is 0.130. The largest absolute Gasteiger partial charge is 0.450 e. The lowest BCUT2D eigenvalue weighted by Gasteiger charge is -2.08. The number of hydrogen-bond acceptors (Lipinski definition) is 2. The van der Waals surface area contributed by atoms with E-state index in [2.05, 4.69) is 47.8 Å². The Hall–Kier alpha value is -0.170. The van der Waals surface area contributed by atoms with Gasteiger partial charge in [0, 0.05) is 6.42 Å². The summed E-state index contributed by atoms with van der Waals surface area (Å²) in [6, 6.07) is 6.34. The first-order valence-corrected chi connectivity index (χ1v) is 7.42. The zero-order chi connectivity index (χ0) is 13.3. The average Bonchev–Trinajstić information content (AvgIpc) is 2.65. The van der Waals surface area contributed by atoms with Gasteiger partial charge in [0.25, 0.3) is 0 Å². The lowest BCUT2D eigenvalue weighted by atomic mass is 10.1. The van der Waals surface area contributed by atoms with Gasteiger partial charge >= 0.3 is 0 Å². The van der Waals surface area contributed by atoms with Gasteiger partial charge in [0.15, 0.2) is 4.67 Å². The monoisotopic (exact) mass is 440 g/mol. The molecule has 2 aromatic rings. The van der Waals surface area contributed by atoms with Crippen LogP contribution in [0.2, 0.25) is 0 Å². The Kier molecular flexibility index (Phi) is 4.64. The summed E-state index contributed by atoms with van der Waals surface area (Å²) in [5.41, 5.74) is 0.819. The third-order valence-electron chi connectivity index (χ3n) is 2.41. The van der Waals surface area contributed by atoms with Crippen LogP contribution in [0.5, 0.6) is 0 Å². The predicted molar refractivity (Wildman–Crippen MR) is 76.9 cm³/mol. The molecule has 6 heteroatoms. The van der Waals surface area contributed by atoms with E-state index in [9.17, 15) is 9.50 Å². The molecule has 0 saturated carbocycles. The van der Waals surface area contributed by atoms with Gasteiger partial charge in [-0.2, -0.15) is 0 Å². The van der Waals surface area contributed by atoms with Gasteiger partial charge in [0.1, 0.15) is 17.7 Å². The van der Waals surface area contributed by atoms with Crippen molar-refractivity contribution in [3.8, 4) is 0 Å². The number of aliphatic hydroxyl groups is 1. The molecule has 2 rings (SSSR count). The molecule has 1 aromatic carbocycles. The standard InChI is InChI=1S/C12H8Br3FO2/c13-7-3-6(1-2-9(7)16)4-10(17)11-5-8(14)12(15)18-11/h1-3,5,10,17H,4H2. The third-order valence-corrected chi connectivity index (χ3v) is 4.72. The first-order valence-electron chi connectivity index (χ1n) is 5.04. The Balaban J connectivity index is 2.15. The van der Waals surface area contributed by atoms with E-state index >= 15 is 0 Å². The molecule has 0 amide bonds. The van der Waals surface area contributed by atoms with Crippen LogP contribution in [-0.4, -0.2) is 5.11 Å². The van der Waals surface area contributed by atoms with Crippen LogP contribution in [0.25, 0.3) is 0 Å². The summed E-state index contributed by atoms with van der Waals surface area (Å²) in [7, 11) is 0. The van der Waals surface area contributed by atoms with Gasteiger partial charge in [-0.05, 0) is 71.6 Å². The van der Waals surface area contributed by atoms with Crippen molar-refractivity contribution >= 4 is 47.8 Å². The van der Waals surface area contributed by atoms with Crippen LogP contribution in [0.15, 0.2) is 42.3 Å². The fraction of sp³-hybridized carbons (Fsp3) is 0.167. The number of aliphatic hydroxyl groups excluding tert-OH is 1. The van der Waals surface area contributed by atoms with Crippen LogP contribution in [0.4, 0.5) is 4.39 Å². The highest BCUT2D eigenvalue weighted by molar-refractivity contribution is 9.13. The molecule has 18 heavy (non-hydrogen) atoms. The van der Waals surface area contributed by atoms with Gasteiger partial charge in [-0.1, -0.05) is 6.07 Å². The zero-order valence-corrected chi connectivity index (χ0v) is 13.7. The molecule has 0 saturated heterocycles. The smallest absolute Gasteiger partial charge is 0.183 e. The van der Waals surface area contributed by atoms with Crippen LogP contribution in [0.1, 0.15) is 17.4 Å². The Bertz CT molecular complexity index is 549. The SMILES string of the molecule is OC(Cc1ccc(F)c(Br)c1)c1cc(Br)c(Br)o1. The Morgan fingerprint density at radius 1 is 1.17 bits per heavy atom. The van der Waals surface area contributed by atoms with E-state index in [1.54, 1.807) is 18.2 Å². The molecule has 1 atom stereocenters. The molecule has 1 unspecified atom stereocenters. The van der Waals surface area contributed by atoms with E-state index in [0.29, 0.717) is 21.3 Å². The molecule has 0 aliphatic rings.